The summed E-state index contributed by atoms with van der Waals surface area (Å²) in [6.45, 7) is 0.475. The Kier molecular flexibility index (Phi) is 2.99. The van der Waals surface area contributed by atoms with Gasteiger partial charge in [-0.2, -0.15) is 5.10 Å². The molecule has 2 heterocycles. The molecule has 0 unspecified atom stereocenters. The molecule has 17 heavy (non-hydrogen) atoms. The molecular formula is C10H14N4O3. The van der Waals surface area contributed by atoms with Gasteiger partial charge < -0.3 is 15.3 Å². The lowest BCUT2D eigenvalue weighted by atomic mass is 10.2. The van der Waals surface area contributed by atoms with Crippen LogP contribution in [0.15, 0.2) is 12.4 Å². The minimum Gasteiger partial charge on any atom is -0.480 e. The van der Waals surface area contributed by atoms with E-state index in [9.17, 15) is 9.59 Å². The van der Waals surface area contributed by atoms with Gasteiger partial charge in [0.1, 0.15) is 6.04 Å². The maximum absolute atomic E-state index is 11.9. The summed E-state index contributed by atoms with van der Waals surface area (Å²) in [6.07, 6.45) is 4.40. The molecule has 1 saturated heterocycles. The Morgan fingerprint density at radius 1 is 1.59 bits per heavy atom. The van der Waals surface area contributed by atoms with E-state index in [0.29, 0.717) is 18.7 Å². The molecular weight excluding hydrogens is 224 g/mol. The number of urea groups is 1. The maximum atomic E-state index is 11.9. The third kappa shape index (κ3) is 2.38. The van der Waals surface area contributed by atoms with Crippen molar-refractivity contribution < 1.29 is 14.7 Å². The number of carbonyl (C=O) groups is 2. The molecule has 1 aliphatic heterocycles. The first-order valence-corrected chi connectivity index (χ1v) is 5.37. The number of nitrogens with one attached hydrogen (secondary N) is 1. The van der Waals surface area contributed by atoms with Gasteiger partial charge in [0.05, 0.1) is 11.9 Å². The molecule has 1 atom stereocenters. The van der Waals surface area contributed by atoms with Gasteiger partial charge in [-0.15, -0.1) is 0 Å². The fourth-order valence-corrected chi connectivity index (χ4v) is 1.95. The monoisotopic (exact) mass is 238 g/mol. The van der Waals surface area contributed by atoms with Crippen LogP contribution in [0.25, 0.3) is 0 Å². The molecule has 0 spiro atoms. The van der Waals surface area contributed by atoms with Crippen molar-refractivity contribution in [2.24, 2.45) is 7.05 Å². The van der Waals surface area contributed by atoms with Crippen LogP contribution in [-0.4, -0.2) is 44.4 Å². The first-order chi connectivity index (χ1) is 8.08. The smallest absolute Gasteiger partial charge is 0.326 e. The third-order valence-corrected chi connectivity index (χ3v) is 2.75. The molecule has 92 valence electrons. The molecule has 2 amide bonds. The molecule has 0 aliphatic carbocycles. The van der Waals surface area contributed by atoms with Gasteiger partial charge in [0.2, 0.25) is 0 Å². The van der Waals surface area contributed by atoms with Crippen LogP contribution in [0.1, 0.15) is 12.8 Å². The molecule has 1 aromatic rings. The Bertz CT molecular complexity index is 443. The van der Waals surface area contributed by atoms with Gasteiger partial charge in [-0.3, -0.25) is 4.68 Å². The van der Waals surface area contributed by atoms with Crippen molar-refractivity contribution in [3.05, 3.63) is 12.4 Å². The highest BCUT2D eigenvalue weighted by Crippen LogP contribution is 2.18. The van der Waals surface area contributed by atoms with Gasteiger partial charge in [-0.25, -0.2) is 9.59 Å². The SMILES string of the molecule is Cn1cc(NC(=O)N2CCC[C@H]2C(=O)O)cn1. The quantitative estimate of drug-likeness (QED) is 0.785. The van der Waals surface area contributed by atoms with Gasteiger partial charge in [-0.1, -0.05) is 0 Å². The Morgan fingerprint density at radius 2 is 2.35 bits per heavy atom. The number of hydrogen-bond acceptors (Lipinski definition) is 3. The van der Waals surface area contributed by atoms with E-state index in [1.807, 2.05) is 0 Å². The summed E-state index contributed by atoms with van der Waals surface area (Å²) in [5.74, 6) is -0.955. The standard InChI is InChI=1S/C10H14N4O3/c1-13-6-7(5-11-13)12-10(17)14-4-2-3-8(14)9(15)16/h5-6,8H,2-4H2,1H3,(H,12,17)(H,15,16)/t8-/m0/s1. The number of aromatic nitrogens is 2. The van der Waals surface area contributed by atoms with Crippen molar-refractivity contribution in [1.82, 2.24) is 14.7 Å². The number of rotatable bonds is 2. The van der Waals surface area contributed by atoms with Crippen LogP contribution in [0.2, 0.25) is 0 Å². The maximum Gasteiger partial charge on any atom is 0.326 e. The number of anilines is 1. The highest BCUT2D eigenvalue weighted by molar-refractivity contribution is 5.92. The molecule has 1 aliphatic rings. The number of carboxylic acid groups (broad SMARTS) is 1. The Labute approximate surface area is 98.0 Å². The predicted octanol–water partition coefficient (Wildman–Crippen LogP) is 0.501. The molecule has 0 aromatic carbocycles. The Balaban J connectivity index is 2.02. The Morgan fingerprint density at radius 3 is 2.94 bits per heavy atom. The normalized spacial score (nSPS) is 19.4. The summed E-state index contributed by atoms with van der Waals surface area (Å²) in [4.78, 5) is 24.1. The lowest BCUT2D eigenvalue weighted by Crippen LogP contribution is -2.42. The molecule has 2 rings (SSSR count). The summed E-state index contributed by atoms with van der Waals surface area (Å²) in [5, 5.41) is 15.5. The van der Waals surface area contributed by atoms with Crippen molar-refractivity contribution >= 4 is 17.7 Å². The number of hydrogen-bond donors (Lipinski definition) is 2. The van der Waals surface area contributed by atoms with E-state index in [0.717, 1.165) is 6.42 Å². The minimum absolute atomic E-state index is 0.386. The van der Waals surface area contributed by atoms with E-state index < -0.39 is 12.0 Å². The summed E-state index contributed by atoms with van der Waals surface area (Å²) in [7, 11) is 1.74. The number of amides is 2. The molecule has 0 radical (unpaired) electrons. The van der Waals surface area contributed by atoms with Gasteiger partial charge in [0.15, 0.2) is 0 Å². The zero-order valence-corrected chi connectivity index (χ0v) is 9.46. The van der Waals surface area contributed by atoms with E-state index in [4.69, 9.17) is 5.11 Å². The topological polar surface area (TPSA) is 87.5 Å². The number of likely N-dealkylation sites (tertiary alicyclic amines) is 1. The summed E-state index contributed by atoms with van der Waals surface area (Å²) >= 11 is 0. The average molecular weight is 238 g/mol. The van der Waals surface area contributed by atoms with Crippen molar-refractivity contribution in [3.8, 4) is 0 Å². The number of aliphatic carboxylic acids is 1. The largest absolute Gasteiger partial charge is 0.480 e. The summed E-state index contributed by atoms with van der Waals surface area (Å²) in [5.41, 5.74) is 0.563. The van der Waals surface area contributed by atoms with Crippen LogP contribution in [0.3, 0.4) is 0 Å². The van der Waals surface area contributed by atoms with Crippen molar-refractivity contribution in [3.63, 3.8) is 0 Å². The number of aryl methyl sites for hydroxylation is 1. The first kappa shape index (κ1) is 11.4. The summed E-state index contributed by atoms with van der Waals surface area (Å²) < 4.78 is 1.56. The lowest BCUT2D eigenvalue weighted by molar-refractivity contribution is -0.141. The predicted molar refractivity (Wildman–Crippen MR) is 59.6 cm³/mol. The van der Waals surface area contributed by atoms with Crippen LogP contribution >= 0.6 is 0 Å². The van der Waals surface area contributed by atoms with E-state index in [1.54, 1.807) is 17.9 Å². The molecule has 0 saturated carbocycles. The zero-order chi connectivity index (χ0) is 12.4. The molecule has 1 fully saturated rings. The molecule has 7 nitrogen and oxygen atoms in total. The fraction of sp³-hybridized carbons (Fsp3) is 0.500. The van der Waals surface area contributed by atoms with Crippen LogP contribution in [0, 0.1) is 0 Å². The number of carbonyl (C=O) groups excluding carboxylic acids is 1. The fourth-order valence-electron chi connectivity index (χ4n) is 1.95. The van der Waals surface area contributed by atoms with E-state index in [2.05, 4.69) is 10.4 Å². The number of carboxylic acids is 1. The van der Waals surface area contributed by atoms with Crippen LogP contribution in [0.5, 0.6) is 0 Å². The van der Waals surface area contributed by atoms with Crippen LogP contribution in [-0.2, 0) is 11.8 Å². The first-order valence-electron chi connectivity index (χ1n) is 5.37. The molecule has 2 N–H and O–H groups in total. The average Bonchev–Trinajstić information content (AvgIpc) is 2.86. The van der Waals surface area contributed by atoms with Crippen molar-refractivity contribution in [1.29, 1.82) is 0 Å². The molecule has 7 heteroatoms. The van der Waals surface area contributed by atoms with Crippen LogP contribution < -0.4 is 5.32 Å². The van der Waals surface area contributed by atoms with Gasteiger partial charge >= 0.3 is 12.0 Å². The second-order valence-corrected chi connectivity index (χ2v) is 4.02. The van der Waals surface area contributed by atoms with Crippen LogP contribution in [0.4, 0.5) is 10.5 Å². The second-order valence-electron chi connectivity index (χ2n) is 4.02. The van der Waals surface area contributed by atoms with Crippen molar-refractivity contribution in [2.75, 3.05) is 11.9 Å². The Hall–Kier alpha value is -2.05. The minimum atomic E-state index is -0.955. The van der Waals surface area contributed by atoms with Gasteiger partial charge in [0.25, 0.3) is 0 Å². The van der Waals surface area contributed by atoms with E-state index >= 15 is 0 Å². The van der Waals surface area contributed by atoms with Gasteiger partial charge in [-0.05, 0) is 12.8 Å². The van der Waals surface area contributed by atoms with Crippen molar-refractivity contribution in [2.45, 2.75) is 18.9 Å². The van der Waals surface area contributed by atoms with E-state index in [-0.39, 0.29) is 6.03 Å². The lowest BCUT2D eigenvalue weighted by Gasteiger charge is -2.21. The third-order valence-electron chi connectivity index (χ3n) is 2.75. The summed E-state index contributed by atoms with van der Waals surface area (Å²) in [6, 6.07) is -1.10. The zero-order valence-electron chi connectivity index (χ0n) is 9.46. The van der Waals surface area contributed by atoms with Gasteiger partial charge in [0, 0.05) is 19.8 Å². The molecule has 1 aromatic heterocycles. The highest BCUT2D eigenvalue weighted by Gasteiger charge is 2.33. The second kappa shape index (κ2) is 4.44. The molecule has 0 bridgehead atoms. The van der Waals surface area contributed by atoms with E-state index in [1.165, 1.54) is 11.1 Å². The number of nitrogens with zero attached hydrogens (tertiary/aromatic N) is 3. The highest BCUT2D eigenvalue weighted by atomic mass is 16.4.